The van der Waals surface area contributed by atoms with Gasteiger partial charge in [-0.3, -0.25) is 4.79 Å². The minimum absolute atomic E-state index is 0.0572. The van der Waals surface area contributed by atoms with E-state index in [0.29, 0.717) is 19.4 Å². The summed E-state index contributed by atoms with van der Waals surface area (Å²) in [6, 6.07) is 10.3. The van der Waals surface area contributed by atoms with Crippen molar-refractivity contribution in [3.05, 3.63) is 35.9 Å². The molecule has 1 fully saturated rings. The van der Waals surface area contributed by atoms with E-state index in [-0.39, 0.29) is 24.7 Å². The summed E-state index contributed by atoms with van der Waals surface area (Å²) in [6.45, 7) is 4.17. The zero-order valence-corrected chi connectivity index (χ0v) is 15.0. The fraction of sp³-hybridized carbons (Fsp3) is 0.438. The summed E-state index contributed by atoms with van der Waals surface area (Å²) in [4.78, 5) is 34.0. The van der Waals surface area contributed by atoms with Crippen LogP contribution >= 0.6 is 0 Å². The topological polar surface area (TPSA) is 63.7 Å². The van der Waals surface area contributed by atoms with Gasteiger partial charge in [-0.2, -0.15) is 0 Å². The Morgan fingerprint density at radius 3 is 2.17 bits per heavy atom. The largest absolute Gasteiger partial charge is 0.447 e. The number of ketones is 1. The molecule has 1 aliphatic heterocycles. The number of rotatable bonds is 4. The predicted molar refractivity (Wildman–Crippen MR) is 93.5 cm³/mol. The maximum absolute atomic E-state index is 11.4. The van der Waals surface area contributed by atoms with Gasteiger partial charge in [0.25, 0.3) is 0 Å². The van der Waals surface area contributed by atoms with E-state index in [1.807, 2.05) is 18.2 Å². The van der Waals surface area contributed by atoms with Gasteiger partial charge in [-0.25, -0.2) is 9.69 Å². The molecule has 126 valence electrons. The summed E-state index contributed by atoms with van der Waals surface area (Å²) in [7, 11) is 0. The van der Waals surface area contributed by atoms with Crippen LogP contribution in [0.5, 0.6) is 0 Å². The number of cyclic esters (lactones) is 1. The highest BCUT2D eigenvalue weighted by Crippen LogP contribution is 2.08. The number of imide groups is 1. The van der Waals surface area contributed by atoms with E-state index in [9.17, 15) is 14.4 Å². The lowest BCUT2D eigenvalue weighted by Gasteiger charge is -2.09. The van der Waals surface area contributed by atoms with Crippen LogP contribution < -0.4 is 0 Å². The van der Waals surface area contributed by atoms with Crippen molar-refractivity contribution in [2.75, 3.05) is 13.2 Å². The molecule has 2 amide bonds. The van der Waals surface area contributed by atoms with E-state index >= 15 is 0 Å². The van der Waals surface area contributed by atoms with Crippen LogP contribution in [0, 0.1) is 6.92 Å². The van der Waals surface area contributed by atoms with Crippen LogP contribution in [-0.4, -0.2) is 35.8 Å². The molecular formula is C16H21NO4S2. The number of carbonyl (C=O) groups excluding carboxylic acids is 3. The molecule has 0 spiro atoms. The molecule has 0 radical (unpaired) electrons. The molecule has 0 saturated carbocycles. The van der Waals surface area contributed by atoms with Gasteiger partial charge in [-0.15, -0.1) is 0 Å². The van der Waals surface area contributed by atoms with Crippen LogP contribution in [0.3, 0.4) is 0 Å². The van der Waals surface area contributed by atoms with Gasteiger partial charge in [0.2, 0.25) is 5.91 Å². The van der Waals surface area contributed by atoms with Gasteiger partial charge in [0.1, 0.15) is 12.4 Å². The normalized spacial score (nSPS) is 12.3. The Morgan fingerprint density at radius 1 is 1.17 bits per heavy atom. The second kappa shape index (κ2) is 12.8. The van der Waals surface area contributed by atoms with Gasteiger partial charge in [0.05, 0.1) is 6.54 Å². The van der Waals surface area contributed by atoms with Crippen molar-refractivity contribution >= 4 is 40.2 Å². The molecule has 1 aliphatic rings. The van der Waals surface area contributed by atoms with E-state index in [2.05, 4.69) is 46.2 Å². The third-order valence-corrected chi connectivity index (χ3v) is 2.92. The molecule has 0 aromatic heterocycles. The smallest absolute Gasteiger partial charge is 0.416 e. The Kier molecular flexibility index (Phi) is 11.8. The Morgan fingerprint density at radius 2 is 1.78 bits per heavy atom. The average molecular weight is 355 g/mol. The van der Waals surface area contributed by atoms with Crippen LogP contribution in [0.4, 0.5) is 4.79 Å². The first kappa shape index (κ1) is 21.3. The molecule has 7 heteroatoms. The van der Waals surface area contributed by atoms with Crippen LogP contribution in [0.1, 0.15) is 31.7 Å². The van der Waals surface area contributed by atoms with Crippen LogP contribution in [0.15, 0.2) is 30.3 Å². The molecule has 0 unspecified atom stereocenters. The van der Waals surface area contributed by atoms with E-state index in [4.69, 9.17) is 0 Å². The Hall–Kier alpha value is -1.73. The highest BCUT2D eigenvalue weighted by atomic mass is 32.8. The molecule has 0 aliphatic carbocycles. The van der Waals surface area contributed by atoms with Gasteiger partial charge in [0, 0.05) is 35.2 Å². The lowest BCUT2D eigenvalue weighted by Crippen LogP contribution is -2.31. The van der Waals surface area contributed by atoms with Gasteiger partial charge in [-0.1, -0.05) is 35.9 Å². The number of carbonyl (C=O) groups is 3. The average Bonchev–Trinajstić information content (AvgIpc) is 2.96. The highest BCUT2D eigenvalue weighted by Gasteiger charge is 2.27. The molecule has 1 heterocycles. The minimum Gasteiger partial charge on any atom is -0.447 e. The summed E-state index contributed by atoms with van der Waals surface area (Å²) >= 11 is 7.33. The van der Waals surface area contributed by atoms with E-state index < -0.39 is 6.09 Å². The number of hydrogen-bond donors (Lipinski definition) is 0. The van der Waals surface area contributed by atoms with Crippen molar-refractivity contribution in [1.29, 1.82) is 0 Å². The molecule has 0 N–H and O–H groups in total. The fourth-order valence-electron chi connectivity index (χ4n) is 1.78. The summed E-state index contributed by atoms with van der Waals surface area (Å²) in [5.41, 5.74) is 1.32. The quantitative estimate of drug-likeness (QED) is 0.827. The number of hydrogen-bond acceptors (Lipinski definition) is 6. The molecule has 2 rings (SSSR count). The first-order valence-electron chi connectivity index (χ1n) is 7.15. The zero-order valence-electron chi connectivity index (χ0n) is 13.3. The zero-order chi connectivity index (χ0) is 17.7. The van der Waals surface area contributed by atoms with E-state index in [1.165, 1.54) is 12.5 Å². The van der Waals surface area contributed by atoms with Crippen molar-refractivity contribution in [3.63, 3.8) is 0 Å². The number of nitrogens with zero attached hydrogens (tertiary/aromatic N) is 1. The van der Waals surface area contributed by atoms with Gasteiger partial charge in [-0.05, 0) is 20.3 Å². The number of amides is 2. The second-order valence-electron chi connectivity index (χ2n) is 4.87. The molecular weight excluding hydrogens is 334 g/mol. The van der Waals surface area contributed by atoms with Crippen LogP contribution in [0.2, 0.25) is 0 Å². The minimum atomic E-state index is -0.571. The van der Waals surface area contributed by atoms with Gasteiger partial charge >= 0.3 is 6.09 Å². The maximum Gasteiger partial charge on any atom is 0.416 e. The van der Waals surface area contributed by atoms with Crippen molar-refractivity contribution in [1.82, 2.24) is 4.90 Å². The standard InChI is InChI=1S/C9H13NO4.C7H8.S2/c1-7(11)3-2-4-8(12)10-5-6-14-9(10)13;1-7-5-3-2-4-6-7;1-2/h2-6H2,1H3;2-6H,1H3;. The summed E-state index contributed by atoms with van der Waals surface area (Å²) < 4.78 is 4.61. The predicted octanol–water partition coefficient (Wildman–Crippen LogP) is 2.71. The van der Waals surface area contributed by atoms with E-state index in [1.54, 1.807) is 0 Å². The SMILES string of the molecule is CC(=O)CCCC(=O)N1CCOC1=O.Cc1ccccc1.S=S. The third kappa shape index (κ3) is 9.80. The van der Waals surface area contributed by atoms with Crippen LogP contribution in [0.25, 0.3) is 0 Å². The first-order chi connectivity index (χ1) is 11.0. The number of Topliss-reactive ketones (excluding diaryl/α,β-unsaturated/α-hetero) is 1. The van der Waals surface area contributed by atoms with Gasteiger partial charge < -0.3 is 9.53 Å². The lowest BCUT2D eigenvalue weighted by atomic mass is 10.2. The summed E-state index contributed by atoms with van der Waals surface area (Å²) in [5, 5.41) is 0. The third-order valence-electron chi connectivity index (χ3n) is 2.92. The summed E-state index contributed by atoms with van der Waals surface area (Å²) in [6.07, 6.45) is 0.541. The number of ether oxygens (including phenoxy) is 1. The summed E-state index contributed by atoms with van der Waals surface area (Å²) in [5.74, 6) is -0.199. The second-order valence-corrected chi connectivity index (χ2v) is 4.87. The molecule has 1 aromatic rings. The number of benzene rings is 1. The van der Waals surface area contributed by atoms with Crippen molar-refractivity contribution in [2.24, 2.45) is 0 Å². The fourth-order valence-corrected chi connectivity index (χ4v) is 1.78. The molecule has 0 bridgehead atoms. The Bertz CT molecular complexity index is 508. The highest BCUT2D eigenvalue weighted by molar-refractivity contribution is 8.07. The van der Waals surface area contributed by atoms with Gasteiger partial charge in [0.15, 0.2) is 0 Å². The maximum atomic E-state index is 11.4. The Labute approximate surface area is 146 Å². The first-order valence-corrected chi connectivity index (χ1v) is 8.49. The lowest BCUT2D eigenvalue weighted by molar-refractivity contribution is -0.127. The van der Waals surface area contributed by atoms with Crippen molar-refractivity contribution in [3.8, 4) is 0 Å². The number of aryl methyl sites for hydroxylation is 1. The Balaban J connectivity index is 0.000000449. The van der Waals surface area contributed by atoms with E-state index in [0.717, 1.165) is 4.90 Å². The molecule has 1 saturated heterocycles. The monoisotopic (exact) mass is 355 g/mol. The molecule has 23 heavy (non-hydrogen) atoms. The molecule has 1 aromatic carbocycles. The molecule has 5 nitrogen and oxygen atoms in total. The van der Waals surface area contributed by atoms with Crippen molar-refractivity contribution < 1.29 is 19.1 Å². The van der Waals surface area contributed by atoms with Crippen LogP contribution in [-0.2, 0) is 36.7 Å². The van der Waals surface area contributed by atoms with Crippen molar-refractivity contribution in [2.45, 2.75) is 33.1 Å². The molecule has 0 atom stereocenters.